The van der Waals surface area contributed by atoms with E-state index in [-0.39, 0.29) is 18.3 Å². The highest BCUT2D eigenvalue weighted by atomic mass is 16.5. The van der Waals surface area contributed by atoms with Crippen LogP contribution in [-0.4, -0.2) is 22.9 Å². The molecule has 0 unspecified atom stereocenters. The predicted molar refractivity (Wildman–Crippen MR) is 113 cm³/mol. The number of aryl methyl sites for hydroxylation is 4. The van der Waals surface area contributed by atoms with Gasteiger partial charge in [0.1, 0.15) is 0 Å². The molecule has 0 bridgehead atoms. The minimum absolute atomic E-state index is 0.0652. The van der Waals surface area contributed by atoms with Gasteiger partial charge in [0.2, 0.25) is 5.78 Å². The minimum Gasteiger partial charge on any atom is -0.462 e. The molecule has 0 aliphatic rings. The van der Waals surface area contributed by atoms with Crippen molar-refractivity contribution in [1.82, 2.24) is 4.57 Å². The van der Waals surface area contributed by atoms with Gasteiger partial charge in [0.15, 0.2) is 17.6 Å². The third-order valence-corrected chi connectivity index (χ3v) is 5.61. The first-order valence-corrected chi connectivity index (χ1v) is 10.1. The quantitative estimate of drug-likeness (QED) is 0.358. The van der Waals surface area contributed by atoms with Crippen LogP contribution in [0.25, 0.3) is 11.0 Å². The molecule has 2 aromatic carbocycles. The molecular formula is C24H29N2O3+. The van der Waals surface area contributed by atoms with Gasteiger partial charge >= 0.3 is 5.97 Å². The number of nitrogens with zero attached hydrogens (tertiary/aromatic N) is 2. The summed E-state index contributed by atoms with van der Waals surface area (Å²) in [6.45, 7) is 13.3. The Morgan fingerprint density at radius 3 is 2.31 bits per heavy atom. The van der Waals surface area contributed by atoms with Crippen LogP contribution in [0.1, 0.15) is 57.1 Å². The number of ether oxygens (including phenoxy) is 1. The minimum atomic E-state index is -0.348. The van der Waals surface area contributed by atoms with Crippen LogP contribution in [0.5, 0.6) is 0 Å². The summed E-state index contributed by atoms with van der Waals surface area (Å²) in [7, 11) is 0. The summed E-state index contributed by atoms with van der Waals surface area (Å²) in [6.07, 6.45) is 0. The molecule has 5 heteroatoms. The molecule has 5 nitrogen and oxygen atoms in total. The highest BCUT2D eigenvalue weighted by molar-refractivity contribution is 5.98. The maximum Gasteiger partial charge on any atom is 0.338 e. The lowest BCUT2D eigenvalue weighted by Gasteiger charge is -2.09. The number of hydrogen-bond donors (Lipinski definition) is 0. The number of imidazole rings is 1. The summed E-state index contributed by atoms with van der Waals surface area (Å²) < 4.78 is 9.30. The first-order chi connectivity index (χ1) is 13.8. The molecule has 1 aromatic heterocycles. The molecule has 0 aliphatic heterocycles. The molecule has 0 fully saturated rings. The number of carbonyl (C=O) groups is 2. The molecule has 1 heterocycles. The van der Waals surface area contributed by atoms with Crippen molar-refractivity contribution < 1.29 is 18.9 Å². The van der Waals surface area contributed by atoms with Crippen LogP contribution >= 0.6 is 0 Å². The Morgan fingerprint density at radius 1 is 0.966 bits per heavy atom. The first kappa shape index (κ1) is 20.8. The lowest BCUT2D eigenvalue weighted by molar-refractivity contribution is -0.674. The zero-order valence-corrected chi connectivity index (χ0v) is 18.1. The number of fused-ring (bicyclic) bond motifs is 1. The Morgan fingerprint density at radius 2 is 1.66 bits per heavy atom. The van der Waals surface area contributed by atoms with E-state index in [0.717, 1.165) is 40.1 Å². The number of Topliss-reactive ketones (excluding diaryl/α,β-unsaturated/α-hetero) is 1. The maximum absolute atomic E-state index is 13.2. The lowest BCUT2D eigenvalue weighted by atomic mass is 9.98. The van der Waals surface area contributed by atoms with E-state index in [1.807, 2.05) is 43.5 Å². The third-order valence-electron chi connectivity index (χ3n) is 5.61. The Labute approximate surface area is 171 Å². The zero-order chi connectivity index (χ0) is 21.3. The topological polar surface area (TPSA) is 52.2 Å². The van der Waals surface area contributed by atoms with Crippen molar-refractivity contribution in [1.29, 1.82) is 0 Å². The summed E-state index contributed by atoms with van der Waals surface area (Å²) in [4.78, 5) is 25.4. The van der Waals surface area contributed by atoms with Crippen molar-refractivity contribution in [2.45, 2.75) is 54.6 Å². The summed E-state index contributed by atoms with van der Waals surface area (Å²) in [5, 5.41) is 0. The van der Waals surface area contributed by atoms with Crippen molar-refractivity contribution in [3.8, 4) is 0 Å². The molecule has 3 aromatic rings. The molecule has 0 saturated carbocycles. The van der Waals surface area contributed by atoms with Gasteiger partial charge in [-0.05, 0) is 69.5 Å². The van der Waals surface area contributed by atoms with Crippen molar-refractivity contribution >= 4 is 22.8 Å². The number of carbonyl (C=O) groups excluding carboxylic acids is 2. The molecule has 0 amide bonds. The van der Waals surface area contributed by atoms with Crippen LogP contribution in [0.4, 0.5) is 0 Å². The largest absolute Gasteiger partial charge is 0.462 e. The predicted octanol–water partition coefficient (Wildman–Crippen LogP) is 4.24. The van der Waals surface area contributed by atoms with E-state index in [9.17, 15) is 9.59 Å². The average Bonchev–Trinajstić information content (AvgIpc) is 2.95. The third kappa shape index (κ3) is 3.82. The van der Waals surface area contributed by atoms with Crippen molar-refractivity contribution in [2.75, 3.05) is 6.61 Å². The fourth-order valence-electron chi connectivity index (χ4n) is 3.89. The molecule has 0 atom stereocenters. The number of rotatable bonds is 6. The lowest BCUT2D eigenvalue weighted by Crippen LogP contribution is -2.35. The van der Waals surface area contributed by atoms with Crippen molar-refractivity contribution in [2.24, 2.45) is 0 Å². The van der Waals surface area contributed by atoms with E-state index >= 15 is 0 Å². The highest BCUT2D eigenvalue weighted by Crippen LogP contribution is 2.21. The monoisotopic (exact) mass is 393 g/mol. The van der Waals surface area contributed by atoms with Crippen LogP contribution in [0.2, 0.25) is 0 Å². The molecule has 0 N–H and O–H groups in total. The van der Waals surface area contributed by atoms with Gasteiger partial charge in [0.05, 0.1) is 18.7 Å². The standard InChI is InChI=1S/C24H29N2O3/c1-7-25-18(6)26(14-23(27)20-12-16(4)15(3)11-17(20)5)22-13-19(9-10-21(22)25)24(28)29-8-2/h9-13H,7-8,14H2,1-6H3/q+1. The van der Waals surface area contributed by atoms with Crippen LogP contribution in [0.3, 0.4) is 0 Å². The van der Waals surface area contributed by atoms with Crippen molar-refractivity contribution in [3.63, 3.8) is 0 Å². The second-order valence-corrected chi connectivity index (χ2v) is 7.48. The zero-order valence-electron chi connectivity index (χ0n) is 18.1. The fraction of sp³-hybridized carbons (Fsp3) is 0.375. The molecule has 0 aliphatic carbocycles. The summed E-state index contributed by atoms with van der Waals surface area (Å²) in [6, 6.07) is 9.58. The van der Waals surface area contributed by atoms with Crippen LogP contribution < -0.4 is 4.57 Å². The maximum atomic E-state index is 13.2. The van der Waals surface area contributed by atoms with Crippen LogP contribution in [0, 0.1) is 27.7 Å². The van der Waals surface area contributed by atoms with E-state index in [1.165, 1.54) is 5.56 Å². The normalized spacial score (nSPS) is 11.1. The molecule has 3 rings (SSSR count). The van der Waals surface area contributed by atoms with E-state index in [4.69, 9.17) is 4.74 Å². The Hall–Kier alpha value is -2.95. The van der Waals surface area contributed by atoms with Gasteiger partial charge in [-0.15, -0.1) is 0 Å². The van der Waals surface area contributed by atoms with E-state index in [0.29, 0.717) is 12.2 Å². The summed E-state index contributed by atoms with van der Waals surface area (Å²) >= 11 is 0. The molecular weight excluding hydrogens is 364 g/mol. The molecule has 0 saturated heterocycles. The van der Waals surface area contributed by atoms with Crippen LogP contribution in [-0.2, 0) is 17.8 Å². The second kappa shape index (κ2) is 8.19. The molecule has 0 radical (unpaired) electrons. The van der Waals surface area contributed by atoms with Gasteiger partial charge in [-0.25, -0.2) is 13.9 Å². The second-order valence-electron chi connectivity index (χ2n) is 7.48. The SMILES string of the molecule is CCOC(=O)c1ccc2c(c1)n(CC(=O)c1cc(C)c(C)cc1C)c(C)[n+]2CC. The number of aromatic nitrogens is 2. The van der Waals surface area contributed by atoms with Crippen LogP contribution in [0.15, 0.2) is 30.3 Å². The smallest absolute Gasteiger partial charge is 0.338 e. The Bertz CT molecular complexity index is 1110. The number of hydrogen-bond acceptors (Lipinski definition) is 3. The van der Waals surface area contributed by atoms with Gasteiger partial charge in [-0.3, -0.25) is 4.79 Å². The number of ketones is 1. The van der Waals surface area contributed by atoms with Gasteiger partial charge in [-0.2, -0.15) is 0 Å². The number of benzene rings is 2. The fourth-order valence-corrected chi connectivity index (χ4v) is 3.89. The molecule has 0 spiro atoms. The number of esters is 1. The van der Waals surface area contributed by atoms with E-state index in [2.05, 4.69) is 24.5 Å². The first-order valence-electron chi connectivity index (χ1n) is 10.1. The van der Waals surface area contributed by atoms with Crippen molar-refractivity contribution in [3.05, 3.63) is 64.0 Å². The summed E-state index contributed by atoms with van der Waals surface area (Å²) in [5.41, 5.74) is 6.40. The Balaban J connectivity index is 2.09. The Kier molecular flexibility index (Phi) is 5.87. The molecule has 29 heavy (non-hydrogen) atoms. The highest BCUT2D eigenvalue weighted by Gasteiger charge is 2.25. The van der Waals surface area contributed by atoms with Gasteiger partial charge in [0.25, 0.3) is 5.82 Å². The van der Waals surface area contributed by atoms with E-state index in [1.54, 1.807) is 13.0 Å². The van der Waals surface area contributed by atoms with E-state index < -0.39 is 0 Å². The van der Waals surface area contributed by atoms with Gasteiger partial charge in [-0.1, -0.05) is 6.07 Å². The molecule has 152 valence electrons. The van der Waals surface area contributed by atoms with Gasteiger partial charge in [0, 0.05) is 18.6 Å². The average molecular weight is 394 g/mol. The summed E-state index contributed by atoms with van der Waals surface area (Å²) in [5.74, 6) is 0.702. The van der Waals surface area contributed by atoms with Gasteiger partial charge < -0.3 is 4.74 Å².